The highest BCUT2D eigenvalue weighted by Crippen LogP contribution is 2.29. The van der Waals surface area contributed by atoms with E-state index < -0.39 is 0 Å². The van der Waals surface area contributed by atoms with Crippen molar-refractivity contribution in [2.75, 3.05) is 32.7 Å². The van der Waals surface area contributed by atoms with Crippen LogP contribution in [0.25, 0.3) is 10.9 Å². The lowest BCUT2D eigenvalue weighted by Crippen LogP contribution is -2.53. The fourth-order valence-corrected chi connectivity index (χ4v) is 4.71. The van der Waals surface area contributed by atoms with Crippen molar-refractivity contribution in [2.45, 2.75) is 39.2 Å². The zero-order valence-corrected chi connectivity index (χ0v) is 17.5. The summed E-state index contributed by atoms with van der Waals surface area (Å²) < 4.78 is 0. The lowest BCUT2D eigenvalue weighted by atomic mass is 9.78. The van der Waals surface area contributed by atoms with Gasteiger partial charge in [0.05, 0.1) is 6.54 Å². The Morgan fingerprint density at radius 1 is 1.10 bits per heavy atom. The first-order valence-corrected chi connectivity index (χ1v) is 10.9. The summed E-state index contributed by atoms with van der Waals surface area (Å²) in [7, 11) is 0. The molecule has 2 amide bonds. The van der Waals surface area contributed by atoms with Crippen LogP contribution < -0.4 is 5.32 Å². The maximum atomic E-state index is 12.8. The SMILES string of the molecule is CC1CCCC(NC(=O)CN2CCN(C(=O)c3cc4ccccc4[nH]3)CC2)C1C. The van der Waals surface area contributed by atoms with Gasteiger partial charge in [0.2, 0.25) is 5.91 Å². The zero-order valence-electron chi connectivity index (χ0n) is 17.5. The summed E-state index contributed by atoms with van der Waals surface area (Å²) in [4.78, 5) is 32.6. The van der Waals surface area contributed by atoms with E-state index in [2.05, 4.69) is 29.0 Å². The summed E-state index contributed by atoms with van der Waals surface area (Å²) in [6.45, 7) is 7.73. The molecule has 3 atom stereocenters. The summed E-state index contributed by atoms with van der Waals surface area (Å²) >= 11 is 0. The number of amides is 2. The molecule has 6 nitrogen and oxygen atoms in total. The minimum absolute atomic E-state index is 0.0373. The highest BCUT2D eigenvalue weighted by molar-refractivity contribution is 5.98. The average molecular weight is 397 g/mol. The molecule has 4 rings (SSSR count). The van der Waals surface area contributed by atoms with E-state index in [1.165, 1.54) is 12.8 Å². The van der Waals surface area contributed by atoms with Gasteiger partial charge in [0, 0.05) is 43.1 Å². The van der Waals surface area contributed by atoms with Gasteiger partial charge in [0.25, 0.3) is 5.91 Å². The highest BCUT2D eigenvalue weighted by atomic mass is 16.2. The van der Waals surface area contributed by atoms with Crippen LogP contribution in [-0.4, -0.2) is 65.4 Å². The first-order valence-electron chi connectivity index (χ1n) is 10.9. The second-order valence-electron chi connectivity index (χ2n) is 8.78. The molecule has 1 aromatic carbocycles. The first-order chi connectivity index (χ1) is 14.0. The van der Waals surface area contributed by atoms with Crippen LogP contribution in [-0.2, 0) is 4.79 Å². The number of hydrogen-bond acceptors (Lipinski definition) is 3. The van der Waals surface area contributed by atoms with E-state index in [1.54, 1.807) is 0 Å². The van der Waals surface area contributed by atoms with Gasteiger partial charge < -0.3 is 15.2 Å². The number of piperazine rings is 1. The maximum Gasteiger partial charge on any atom is 0.270 e. The molecule has 29 heavy (non-hydrogen) atoms. The van der Waals surface area contributed by atoms with E-state index >= 15 is 0 Å². The van der Waals surface area contributed by atoms with Crippen molar-refractivity contribution in [3.63, 3.8) is 0 Å². The van der Waals surface area contributed by atoms with E-state index in [4.69, 9.17) is 0 Å². The van der Waals surface area contributed by atoms with Crippen LogP contribution in [0, 0.1) is 11.8 Å². The topological polar surface area (TPSA) is 68.4 Å². The van der Waals surface area contributed by atoms with Crippen LogP contribution in [0.5, 0.6) is 0 Å². The Balaban J connectivity index is 1.26. The standard InChI is InChI=1S/C23H32N4O2/c1-16-6-5-9-19(17(16)2)25-22(28)15-26-10-12-27(13-11-26)23(29)21-14-18-7-3-4-8-20(18)24-21/h3-4,7-8,14,16-17,19,24H,5-6,9-13,15H2,1-2H3,(H,25,28). The number of H-pyrrole nitrogens is 1. The van der Waals surface area contributed by atoms with Crippen molar-refractivity contribution in [3.8, 4) is 0 Å². The molecule has 1 saturated heterocycles. The fraction of sp³-hybridized carbons (Fsp3) is 0.565. The van der Waals surface area contributed by atoms with Gasteiger partial charge in [-0.15, -0.1) is 0 Å². The first kappa shape index (κ1) is 20.0. The molecule has 0 bridgehead atoms. The second kappa shape index (κ2) is 8.57. The molecule has 2 aromatic rings. The third-order valence-electron chi connectivity index (χ3n) is 6.84. The Morgan fingerprint density at radius 2 is 1.86 bits per heavy atom. The number of hydrogen-bond donors (Lipinski definition) is 2. The quantitative estimate of drug-likeness (QED) is 0.835. The molecule has 1 aromatic heterocycles. The Bertz CT molecular complexity index is 836. The largest absolute Gasteiger partial charge is 0.352 e. The molecule has 0 radical (unpaired) electrons. The lowest BCUT2D eigenvalue weighted by Gasteiger charge is -2.36. The Hall–Kier alpha value is -2.34. The molecule has 1 saturated carbocycles. The fourth-order valence-electron chi connectivity index (χ4n) is 4.71. The molecule has 2 aliphatic rings. The number of aromatic nitrogens is 1. The molecule has 0 spiro atoms. The van der Waals surface area contributed by atoms with Gasteiger partial charge in [0.15, 0.2) is 0 Å². The molecule has 2 N–H and O–H groups in total. The zero-order chi connectivity index (χ0) is 20.4. The van der Waals surface area contributed by atoms with Gasteiger partial charge in [-0.25, -0.2) is 0 Å². The highest BCUT2D eigenvalue weighted by Gasteiger charge is 2.29. The van der Waals surface area contributed by atoms with Gasteiger partial charge >= 0.3 is 0 Å². The van der Waals surface area contributed by atoms with E-state index in [0.717, 1.165) is 30.4 Å². The predicted octanol–water partition coefficient (Wildman–Crippen LogP) is 2.87. The summed E-state index contributed by atoms with van der Waals surface area (Å²) in [6.07, 6.45) is 3.55. The van der Waals surface area contributed by atoms with Crippen LogP contribution in [0.15, 0.2) is 30.3 Å². The van der Waals surface area contributed by atoms with Crippen LogP contribution in [0.1, 0.15) is 43.6 Å². The maximum absolute atomic E-state index is 12.8. The van der Waals surface area contributed by atoms with Crippen LogP contribution in [0.3, 0.4) is 0 Å². The van der Waals surface area contributed by atoms with Crippen molar-refractivity contribution in [1.29, 1.82) is 0 Å². The molecule has 156 valence electrons. The van der Waals surface area contributed by atoms with Gasteiger partial charge in [-0.3, -0.25) is 14.5 Å². The number of nitrogens with zero attached hydrogens (tertiary/aromatic N) is 2. The Morgan fingerprint density at radius 3 is 2.62 bits per heavy atom. The number of fused-ring (bicyclic) bond motifs is 1. The van der Waals surface area contributed by atoms with E-state index in [9.17, 15) is 9.59 Å². The summed E-state index contributed by atoms with van der Waals surface area (Å²) in [6, 6.07) is 10.2. The average Bonchev–Trinajstić information content (AvgIpc) is 3.16. The molecule has 2 heterocycles. The van der Waals surface area contributed by atoms with Gasteiger partial charge in [-0.1, -0.05) is 44.9 Å². The minimum atomic E-state index is 0.0373. The number of para-hydroxylation sites is 1. The molecule has 2 fully saturated rings. The van der Waals surface area contributed by atoms with E-state index in [0.29, 0.717) is 43.2 Å². The van der Waals surface area contributed by atoms with Gasteiger partial charge in [-0.2, -0.15) is 0 Å². The van der Waals surface area contributed by atoms with Gasteiger partial charge in [-0.05, 0) is 30.4 Å². The number of benzene rings is 1. The molecule has 1 aliphatic carbocycles. The smallest absolute Gasteiger partial charge is 0.270 e. The molecule has 6 heteroatoms. The molecular formula is C23H32N4O2. The Kier molecular flexibility index (Phi) is 5.90. The second-order valence-corrected chi connectivity index (χ2v) is 8.78. The molecule has 3 unspecified atom stereocenters. The van der Waals surface area contributed by atoms with Crippen molar-refractivity contribution in [3.05, 3.63) is 36.0 Å². The lowest BCUT2D eigenvalue weighted by molar-refractivity contribution is -0.124. The van der Waals surface area contributed by atoms with Crippen molar-refractivity contribution in [1.82, 2.24) is 20.1 Å². The van der Waals surface area contributed by atoms with Crippen LogP contribution in [0.2, 0.25) is 0 Å². The van der Waals surface area contributed by atoms with Crippen LogP contribution >= 0.6 is 0 Å². The van der Waals surface area contributed by atoms with E-state index in [1.807, 2.05) is 35.2 Å². The predicted molar refractivity (Wildman–Crippen MR) is 115 cm³/mol. The number of rotatable bonds is 4. The van der Waals surface area contributed by atoms with E-state index in [-0.39, 0.29) is 11.8 Å². The number of nitrogens with one attached hydrogen (secondary N) is 2. The number of carbonyl (C=O) groups is 2. The summed E-state index contributed by atoms with van der Waals surface area (Å²) in [5, 5.41) is 4.31. The number of carbonyl (C=O) groups excluding carboxylic acids is 2. The minimum Gasteiger partial charge on any atom is -0.352 e. The van der Waals surface area contributed by atoms with Crippen LogP contribution in [0.4, 0.5) is 0 Å². The summed E-state index contributed by atoms with van der Waals surface area (Å²) in [5.41, 5.74) is 1.62. The van der Waals surface area contributed by atoms with Crippen molar-refractivity contribution in [2.24, 2.45) is 11.8 Å². The molecular weight excluding hydrogens is 364 g/mol. The third-order valence-corrected chi connectivity index (χ3v) is 6.84. The number of aromatic amines is 1. The molecule has 1 aliphatic heterocycles. The normalized spacial score (nSPS) is 25.9. The van der Waals surface area contributed by atoms with Crippen molar-refractivity contribution >= 4 is 22.7 Å². The summed E-state index contributed by atoms with van der Waals surface area (Å²) in [5.74, 6) is 1.37. The third kappa shape index (κ3) is 4.47. The Labute approximate surface area is 172 Å². The van der Waals surface area contributed by atoms with Crippen molar-refractivity contribution < 1.29 is 9.59 Å². The monoisotopic (exact) mass is 396 g/mol. The van der Waals surface area contributed by atoms with Gasteiger partial charge in [0.1, 0.15) is 5.69 Å².